The predicted molar refractivity (Wildman–Crippen MR) is 101 cm³/mol. The number of hydrogen-bond acceptors (Lipinski definition) is 3. The lowest BCUT2D eigenvalue weighted by molar-refractivity contribution is -0.0857. The first kappa shape index (κ1) is 20.2. The van der Waals surface area contributed by atoms with Gasteiger partial charge in [-0.05, 0) is 64.7 Å². The van der Waals surface area contributed by atoms with Gasteiger partial charge in [0.15, 0.2) is 0 Å². The van der Waals surface area contributed by atoms with Gasteiger partial charge in [-0.1, -0.05) is 19.8 Å². The van der Waals surface area contributed by atoms with Crippen molar-refractivity contribution in [2.45, 2.75) is 121 Å². The summed E-state index contributed by atoms with van der Waals surface area (Å²) in [7, 11) is 1.93. The van der Waals surface area contributed by atoms with Crippen LogP contribution in [-0.2, 0) is 9.47 Å². The number of hydrogen-bond donors (Lipinski definition) is 1. The van der Waals surface area contributed by atoms with E-state index in [0.717, 1.165) is 70.6 Å². The molecule has 0 saturated heterocycles. The molecule has 142 valence electrons. The van der Waals surface area contributed by atoms with Crippen molar-refractivity contribution in [3.8, 4) is 0 Å². The maximum Gasteiger partial charge on any atom is 0.0580 e. The minimum absolute atomic E-state index is 0.350. The summed E-state index contributed by atoms with van der Waals surface area (Å²) in [5.74, 6) is 0. The highest BCUT2D eigenvalue weighted by Gasteiger charge is 2.27. The molecule has 2 unspecified atom stereocenters. The average molecular weight is 340 g/mol. The molecule has 0 aromatic rings. The Bertz CT molecular complexity index is 320. The van der Waals surface area contributed by atoms with Gasteiger partial charge < -0.3 is 20.5 Å². The first-order valence-corrected chi connectivity index (χ1v) is 10.3. The van der Waals surface area contributed by atoms with Crippen LogP contribution in [0, 0.1) is 0 Å². The van der Waals surface area contributed by atoms with Crippen molar-refractivity contribution >= 4 is 0 Å². The van der Waals surface area contributed by atoms with Crippen molar-refractivity contribution in [1.29, 1.82) is 0 Å². The highest BCUT2D eigenvalue weighted by atomic mass is 16.5. The standard InChI is InChI=1S/C20H39N2O2/c1-4-17(22-3)8-5-15(2)23-18-11-13-20(14-12-18)24-19-9-6-16(21)7-10-19/h15-20H,4-14,21H2,1-3H3/q-1. The van der Waals surface area contributed by atoms with Crippen LogP contribution in [0.1, 0.15) is 84.5 Å². The van der Waals surface area contributed by atoms with Crippen LogP contribution >= 0.6 is 0 Å². The Labute approximate surface area is 149 Å². The first-order chi connectivity index (χ1) is 11.6. The Morgan fingerprint density at radius 1 is 0.917 bits per heavy atom. The number of ether oxygens (including phenoxy) is 2. The molecule has 2 aliphatic rings. The van der Waals surface area contributed by atoms with E-state index in [4.69, 9.17) is 15.2 Å². The second kappa shape index (κ2) is 10.7. The molecule has 0 radical (unpaired) electrons. The average Bonchev–Trinajstić information content (AvgIpc) is 2.59. The normalized spacial score (nSPS) is 34.0. The molecule has 2 aliphatic carbocycles. The van der Waals surface area contributed by atoms with Gasteiger partial charge >= 0.3 is 0 Å². The molecule has 24 heavy (non-hydrogen) atoms. The summed E-state index contributed by atoms with van der Waals surface area (Å²) in [6, 6.07) is 0.909. The maximum atomic E-state index is 6.32. The summed E-state index contributed by atoms with van der Waals surface area (Å²) < 4.78 is 12.6. The van der Waals surface area contributed by atoms with Gasteiger partial charge in [0.1, 0.15) is 0 Å². The molecule has 0 aromatic heterocycles. The number of nitrogens with two attached hydrogens (primary N) is 1. The molecule has 2 atom stereocenters. The molecule has 0 spiro atoms. The minimum atomic E-state index is 0.350. The summed E-state index contributed by atoms with van der Waals surface area (Å²) in [6.07, 6.45) is 14.2. The van der Waals surface area contributed by atoms with Gasteiger partial charge in [-0.2, -0.15) is 7.05 Å². The lowest BCUT2D eigenvalue weighted by atomic mass is 9.91. The Kier molecular flexibility index (Phi) is 9.02. The summed E-state index contributed by atoms with van der Waals surface area (Å²) in [5, 5.41) is 4.42. The van der Waals surface area contributed by atoms with Crippen LogP contribution in [0.5, 0.6) is 0 Å². The highest BCUT2D eigenvalue weighted by molar-refractivity contribution is 4.85. The van der Waals surface area contributed by atoms with Crippen LogP contribution in [-0.4, -0.2) is 43.5 Å². The lowest BCUT2D eigenvalue weighted by Gasteiger charge is -2.35. The molecule has 4 nitrogen and oxygen atoms in total. The lowest BCUT2D eigenvalue weighted by Crippen LogP contribution is -2.35. The molecule has 4 heteroatoms. The maximum absolute atomic E-state index is 6.32. The van der Waals surface area contributed by atoms with Crippen molar-refractivity contribution in [2.75, 3.05) is 7.05 Å². The van der Waals surface area contributed by atoms with Crippen molar-refractivity contribution in [1.82, 2.24) is 0 Å². The van der Waals surface area contributed by atoms with Crippen LogP contribution in [0.4, 0.5) is 0 Å². The predicted octanol–water partition coefficient (Wildman–Crippen LogP) is 4.55. The van der Waals surface area contributed by atoms with Crippen LogP contribution in [0.25, 0.3) is 5.32 Å². The topological polar surface area (TPSA) is 58.6 Å². The molecular formula is C20H39N2O2-. The van der Waals surface area contributed by atoms with Crippen LogP contribution < -0.4 is 5.73 Å². The van der Waals surface area contributed by atoms with Crippen LogP contribution in [0.2, 0.25) is 0 Å². The Balaban J connectivity index is 1.58. The van der Waals surface area contributed by atoms with Gasteiger partial charge in [-0.25, -0.2) is 0 Å². The van der Waals surface area contributed by atoms with Crippen LogP contribution in [0.15, 0.2) is 0 Å². The highest BCUT2D eigenvalue weighted by Crippen LogP contribution is 2.29. The monoisotopic (exact) mass is 339 g/mol. The van der Waals surface area contributed by atoms with Crippen molar-refractivity contribution in [3.05, 3.63) is 5.32 Å². The summed E-state index contributed by atoms with van der Waals surface area (Å²) in [5.41, 5.74) is 5.98. The zero-order valence-corrected chi connectivity index (χ0v) is 16.1. The van der Waals surface area contributed by atoms with Crippen molar-refractivity contribution in [2.24, 2.45) is 5.73 Å². The third kappa shape index (κ3) is 6.99. The molecule has 2 saturated carbocycles. The van der Waals surface area contributed by atoms with Gasteiger partial charge in [-0.3, -0.25) is 0 Å². The van der Waals surface area contributed by atoms with Gasteiger partial charge in [0.05, 0.1) is 24.4 Å². The van der Waals surface area contributed by atoms with Crippen molar-refractivity contribution < 1.29 is 9.47 Å². The fourth-order valence-corrected chi connectivity index (χ4v) is 4.14. The summed E-state index contributed by atoms with van der Waals surface area (Å²) in [4.78, 5) is 0. The van der Waals surface area contributed by atoms with Gasteiger partial charge in [0.25, 0.3) is 0 Å². The largest absolute Gasteiger partial charge is 0.662 e. The van der Waals surface area contributed by atoms with E-state index in [1.54, 1.807) is 0 Å². The molecule has 2 N–H and O–H groups in total. The van der Waals surface area contributed by atoms with E-state index in [2.05, 4.69) is 19.2 Å². The van der Waals surface area contributed by atoms with E-state index < -0.39 is 0 Å². The quantitative estimate of drug-likeness (QED) is 0.670. The second-order valence-electron chi connectivity index (χ2n) is 7.92. The minimum Gasteiger partial charge on any atom is -0.662 e. The molecule has 0 amide bonds. The van der Waals surface area contributed by atoms with E-state index >= 15 is 0 Å². The Morgan fingerprint density at radius 3 is 2.00 bits per heavy atom. The van der Waals surface area contributed by atoms with Crippen molar-refractivity contribution in [3.63, 3.8) is 0 Å². The number of rotatable bonds is 9. The van der Waals surface area contributed by atoms with E-state index in [9.17, 15) is 0 Å². The number of nitrogens with zero attached hydrogens (tertiary/aromatic N) is 1. The molecule has 2 fully saturated rings. The smallest absolute Gasteiger partial charge is 0.0580 e. The molecule has 0 aromatic carbocycles. The van der Waals surface area contributed by atoms with Gasteiger partial charge in [-0.15, -0.1) is 6.04 Å². The molecule has 0 aliphatic heterocycles. The van der Waals surface area contributed by atoms with Gasteiger partial charge in [0, 0.05) is 6.04 Å². The molecular weight excluding hydrogens is 300 g/mol. The van der Waals surface area contributed by atoms with Crippen LogP contribution in [0.3, 0.4) is 0 Å². The third-order valence-electron chi connectivity index (χ3n) is 5.89. The Morgan fingerprint density at radius 2 is 1.46 bits per heavy atom. The SMILES string of the molecule is CCC(CCC(C)OC1CCC(OC2CCC(N)CC2)CC1)[N-]C. The van der Waals surface area contributed by atoms with E-state index in [-0.39, 0.29) is 0 Å². The first-order valence-electron chi connectivity index (χ1n) is 10.3. The Hall–Kier alpha value is -0.160. The molecule has 0 heterocycles. The zero-order valence-electron chi connectivity index (χ0n) is 16.1. The summed E-state index contributed by atoms with van der Waals surface area (Å²) in [6.45, 7) is 4.43. The fraction of sp³-hybridized carbons (Fsp3) is 1.00. The third-order valence-corrected chi connectivity index (χ3v) is 5.89. The van der Waals surface area contributed by atoms with E-state index in [1.165, 1.54) is 0 Å². The molecule has 0 bridgehead atoms. The van der Waals surface area contributed by atoms with E-state index in [1.807, 2.05) is 7.05 Å². The zero-order chi connectivity index (χ0) is 17.4. The van der Waals surface area contributed by atoms with Gasteiger partial charge in [0.2, 0.25) is 0 Å². The summed E-state index contributed by atoms with van der Waals surface area (Å²) >= 11 is 0. The second-order valence-corrected chi connectivity index (χ2v) is 7.92. The fourth-order valence-electron chi connectivity index (χ4n) is 4.14. The van der Waals surface area contributed by atoms with E-state index in [0.29, 0.717) is 36.5 Å². The molecule has 2 rings (SSSR count).